The number of halogens is 4. The third-order valence-corrected chi connectivity index (χ3v) is 7.10. The van der Waals surface area contributed by atoms with Crippen LogP contribution in [0.2, 0.25) is 0 Å². The lowest BCUT2D eigenvalue weighted by Crippen LogP contribution is -2.51. The Kier molecular flexibility index (Phi) is 9.11. The summed E-state index contributed by atoms with van der Waals surface area (Å²) in [5.41, 5.74) is 0.241. The Morgan fingerprint density at radius 1 is 1.03 bits per heavy atom. The average Bonchev–Trinajstić information content (AvgIpc) is 2.81. The van der Waals surface area contributed by atoms with E-state index in [4.69, 9.17) is 16.3 Å². The van der Waals surface area contributed by atoms with Crippen molar-refractivity contribution in [2.75, 3.05) is 0 Å². The van der Waals surface area contributed by atoms with E-state index in [9.17, 15) is 18.0 Å². The number of hydrogen-bond donors (Lipinski definition) is 2. The third-order valence-electron chi connectivity index (χ3n) is 6.88. The van der Waals surface area contributed by atoms with Gasteiger partial charge >= 0.3 is 6.18 Å². The Labute approximate surface area is 209 Å². The lowest BCUT2D eigenvalue weighted by molar-refractivity contribution is -0.240. The quantitative estimate of drug-likeness (QED) is 0.332. The van der Waals surface area contributed by atoms with Crippen molar-refractivity contribution in [1.82, 2.24) is 10.6 Å². The molecule has 1 amide bonds. The van der Waals surface area contributed by atoms with E-state index >= 15 is 0 Å². The molecule has 35 heavy (non-hydrogen) atoms. The van der Waals surface area contributed by atoms with Crippen LogP contribution < -0.4 is 15.4 Å². The smallest absolute Gasteiger partial charge is 0.394 e. The second kappa shape index (κ2) is 11.8. The van der Waals surface area contributed by atoms with Crippen LogP contribution in [-0.2, 0) is 17.8 Å². The molecule has 1 unspecified atom stereocenters. The highest BCUT2D eigenvalue weighted by atomic mass is 35.5. The van der Waals surface area contributed by atoms with E-state index in [0.29, 0.717) is 25.9 Å². The van der Waals surface area contributed by atoms with Crippen molar-refractivity contribution >= 4 is 17.5 Å². The third kappa shape index (κ3) is 7.40. The summed E-state index contributed by atoms with van der Waals surface area (Å²) < 4.78 is 48.1. The first-order valence-electron chi connectivity index (χ1n) is 11.9. The fraction of sp³-hybridized carbons (Fsp3) is 0.444. The Hall–Kier alpha value is -2.67. The van der Waals surface area contributed by atoms with E-state index in [0.717, 1.165) is 16.9 Å². The molecule has 3 atom stereocenters. The summed E-state index contributed by atoms with van der Waals surface area (Å²) in [6.07, 6.45) is -2.12. The molecule has 3 rings (SSSR count). The molecule has 0 aromatic heterocycles. The van der Waals surface area contributed by atoms with Gasteiger partial charge in [0.25, 0.3) is 0 Å². The summed E-state index contributed by atoms with van der Waals surface area (Å²) >= 11 is 5.94. The molecule has 0 saturated carbocycles. The maximum atomic E-state index is 14.1. The lowest BCUT2D eigenvalue weighted by atomic mass is 9.70. The summed E-state index contributed by atoms with van der Waals surface area (Å²) in [4.78, 5) is 11.8. The van der Waals surface area contributed by atoms with Crippen LogP contribution in [-0.4, -0.2) is 18.2 Å². The highest BCUT2D eigenvalue weighted by Gasteiger charge is 2.54. The van der Waals surface area contributed by atoms with E-state index in [1.807, 2.05) is 54.6 Å². The molecule has 0 aliphatic carbocycles. The predicted octanol–water partition coefficient (Wildman–Crippen LogP) is 6.70. The number of rotatable bonds is 11. The van der Waals surface area contributed by atoms with Crippen LogP contribution in [0.3, 0.4) is 0 Å². The van der Waals surface area contributed by atoms with Crippen molar-refractivity contribution < 1.29 is 22.7 Å². The van der Waals surface area contributed by atoms with Gasteiger partial charge in [-0.1, -0.05) is 67.9 Å². The van der Waals surface area contributed by atoms with Gasteiger partial charge in [0, 0.05) is 6.08 Å². The Bertz CT molecular complexity index is 996. The minimum atomic E-state index is -4.36. The number of carbonyl (C=O) groups excluding carboxylic acids is 1. The van der Waals surface area contributed by atoms with Gasteiger partial charge in [0.15, 0.2) is 0 Å². The van der Waals surface area contributed by atoms with Gasteiger partial charge < -0.3 is 15.4 Å². The molecule has 1 aliphatic rings. The molecular formula is C27H32ClF3N2O2. The second-order valence-electron chi connectivity index (χ2n) is 9.21. The molecule has 8 heteroatoms. The second-order valence-corrected chi connectivity index (χ2v) is 9.62. The SMILES string of the molecule is CC[C@](C)([C@@H](CCCc1ccc(OCc2ccccc2)cc1)CC1NC(=O)C=C(Cl)N1)C(F)(F)F. The predicted molar refractivity (Wildman–Crippen MR) is 132 cm³/mol. The number of alkyl halides is 3. The monoisotopic (exact) mass is 508 g/mol. The van der Waals surface area contributed by atoms with E-state index < -0.39 is 29.6 Å². The van der Waals surface area contributed by atoms with Gasteiger partial charge in [-0.25, -0.2) is 0 Å². The lowest BCUT2D eigenvalue weighted by Gasteiger charge is -2.41. The van der Waals surface area contributed by atoms with Crippen LogP contribution in [0, 0.1) is 11.3 Å². The van der Waals surface area contributed by atoms with Gasteiger partial charge in [-0.2, -0.15) is 13.2 Å². The Morgan fingerprint density at radius 3 is 2.31 bits per heavy atom. The molecule has 2 aromatic rings. The van der Waals surface area contributed by atoms with E-state index in [2.05, 4.69) is 10.6 Å². The van der Waals surface area contributed by atoms with Crippen LogP contribution in [0.1, 0.15) is 50.7 Å². The number of nitrogens with one attached hydrogen (secondary N) is 2. The highest BCUT2D eigenvalue weighted by molar-refractivity contribution is 6.30. The summed E-state index contributed by atoms with van der Waals surface area (Å²) in [6, 6.07) is 17.5. The zero-order chi connectivity index (χ0) is 25.5. The van der Waals surface area contributed by atoms with E-state index in [1.54, 1.807) is 6.92 Å². The number of carbonyl (C=O) groups is 1. The van der Waals surface area contributed by atoms with Crippen LogP contribution >= 0.6 is 11.6 Å². The van der Waals surface area contributed by atoms with Crippen LogP contribution in [0.15, 0.2) is 65.8 Å². The van der Waals surface area contributed by atoms with Crippen molar-refractivity contribution in [2.24, 2.45) is 11.3 Å². The van der Waals surface area contributed by atoms with Gasteiger partial charge in [-0.15, -0.1) is 0 Å². The molecule has 2 aromatic carbocycles. The van der Waals surface area contributed by atoms with Crippen LogP contribution in [0.25, 0.3) is 0 Å². The summed E-state index contributed by atoms with van der Waals surface area (Å²) in [7, 11) is 0. The molecule has 190 valence electrons. The zero-order valence-electron chi connectivity index (χ0n) is 20.0. The summed E-state index contributed by atoms with van der Waals surface area (Å²) in [5.74, 6) is -0.353. The largest absolute Gasteiger partial charge is 0.489 e. The summed E-state index contributed by atoms with van der Waals surface area (Å²) in [6.45, 7) is 3.31. The van der Waals surface area contributed by atoms with E-state index in [1.165, 1.54) is 13.0 Å². The van der Waals surface area contributed by atoms with Crippen molar-refractivity contribution in [2.45, 2.75) is 64.9 Å². The first-order valence-corrected chi connectivity index (χ1v) is 12.2. The molecule has 0 saturated heterocycles. The molecule has 0 spiro atoms. The number of benzene rings is 2. The minimum Gasteiger partial charge on any atom is -0.489 e. The summed E-state index contributed by atoms with van der Waals surface area (Å²) in [5, 5.41) is 5.68. The fourth-order valence-electron chi connectivity index (χ4n) is 4.44. The molecule has 0 radical (unpaired) electrons. The molecular weight excluding hydrogens is 477 g/mol. The van der Waals surface area contributed by atoms with Gasteiger partial charge in [-0.3, -0.25) is 4.79 Å². The van der Waals surface area contributed by atoms with Gasteiger partial charge in [0.05, 0.1) is 11.6 Å². The first-order chi connectivity index (χ1) is 16.6. The molecule has 4 nitrogen and oxygen atoms in total. The van der Waals surface area contributed by atoms with Crippen LogP contribution in [0.4, 0.5) is 13.2 Å². The molecule has 0 bridgehead atoms. The average molecular weight is 509 g/mol. The van der Waals surface area contributed by atoms with Gasteiger partial charge in [-0.05, 0) is 61.3 Å². The molecule has 0 fully saturated rings. The highest BCUT2D eigenvalue weighted by Crippen LogP contribution is 2.49. The Morgan fingerprint density at radius 2 is 1.71 bits per heavy atom. The topological polar surface area (TPSA) is 50.4 Å². The number of hydrogen-bond acceptors (Lipinski definition) is 3. The molecule has 2 N–H and O–H groups in total. The maximum Gasteiger partial charge on any atom is 0.394 e. The van der Waals surface area contributed by atoms with E-state index in [-0.39, 0.29) is 18.0 Å². The van der Waals surface area contributed by atoms with Gasteiger partial charge in [0.1, 0.15) is 17.5 Å². The number of ether oxygens (including phenoxy) is 1. The molecule has 1 aliphatic heterocycles. The van der Waals surface area contributed by atoms with Gasteiger partial charge in [0.2, 0.25) is 5.91 Å². The standard InChI is InChI=1S/C27H32ClF3N2O2/c1-3-26(2,27(29,30)31)21(16-24-32-23(28)17-25(34)33-24)11-7-10-19-12-14-22(15-13-19)35-18-20-8-5-4-6-9-20/h4-6,8-9,12-15,17,21,24,32H,3,7,10-11,16,18H2,1-2H3,(H,33,34)/t21-,24?,26+/m0/s1. The zero-order valence-corrected chi connectivity index (χ0v) is 20.8. The van der Waals surface area contributed by atoms with Crippen LogP contribution in [0.5, 0.6) is 5.75 Å². The van der Waals surface area contributed by atoms with Crippen molar-refractivity contribution in [3.63, 3.8) is 0 Å². The minimum absolute atomic E-state index is 0.0428. The van der Waals surface area contributed by atoms with Crippen molar-refractivity contribution in [3.05, 3.63) is 77.0 Å². The Balaban J connectivity index is 1.60. The first kappa shape index (κ1) is 26.9. The number of amides is 1. The van der Waals surface area contributed by atoms with Crippen molar-refractivity contribution in [1.29, 1.82) is 0 Å². The van der Waals surface area contributed by atoms with Crippen molar-refractivity contribution in [3.8, 4) is 5.75 Å². The number of aryl methyl sites for hydroxylation is 1. The normalized spacial score (nSPS) is 18.6. The fourth-order valence-corrected chi connectivity index (χ4v) is 4.67. The molecule has 1 heterocycles. The maximum absolute atomic E-state index is 14.1.